The first-order chi connectivity index (χ1) is 11.4. The molecule has 144 valence electrons. The Morgan fingerprint density at radius 2 is 1.08 bits per heavy atom. The van der Waals surface area contributed by atoms with E-state index in [1.807, 2.05) is 0 Å². The van der Waals surface area contributed by atoms with Crippen LogP contribution in [0.25, 0.3) is 0 Å². The van der Waals surface area contributed by atoms with Gasteiger partial charge in [0.15, 0.2) is 0 Å². The highest BCUT2D eigenvalue weighted by atomic mass is 19.4. The quantitative estimate of drug-likeness (QED) is 0.479. The molecule has 0 fully saturated rings. The molecule has 26 heavy (non-hydrogen) atoms. The SMILES string of the molecule is CC(C)(C)C1=CC2=C3C=C(C(C)(C)C)C=CN3CN2C=C1.FB(F)F.[F-]. The first kappa shape index (κ1) is 22.1. The fraction of sp³-hybridized carbons (Fsp3) is 0.474. The first-order valence-corrected chi connectivity index (χ1v) is 8.40. The molecule has 2 nitrogen and oxygen atoms in total. The lowest BCUT2D eigenvalue weighted by molar-refractivity contribution is -0.00000882. The maximum absolute atomic E-state index is 9.67. The van der Waals surface area contributed by atoms with Gasteiger partial charge in [-0.1, -0.05) is 41.5 Å². The second-order valence-corrected chi connectivity index (χ2v) is 8.43. The zero-order chi connectivity index (χ0) is 19.0. The van der Waals surface area contributed by atoms with E-state index < -0.39 is 7.54 Å². The maximum atomic E-state index is 9.67. The number of allylic oxidation sites excluding steroid dienone is 6. The number of fused-ring (bicyclic) bond motifs is 2. The fourth-order valence-corrected chi connectivity index (χ4v) is 2.84. The van der Waals surface area contributed by atoms with Crippen molar-refractivity contribution in [1.82, 2.24) is 9.80 Å². The molecule has 0 aromatic carbocycles. The number of hydrogen-bond donors (Lipinski definition) is 0. The summed E-state index contributed by atoms with van der Waals surface area (Å²) < 4.78 is 29.0. The van der Waals surface area contributed by atoms with Crippen LogP contribution in [0, 0.1) is 10.8 Å². The van der Waals surface area contributed by atoms with Gasteiger partial charge in [0, 0.05) is 12.4 Å². The lowest BCUT2D eigenvalue weighted by Crippen LogP contribution is -3.00. The van der Waals surface area contributed by atoms with Crippen molar-refractivity contribution in [3.8, 4) is 0 Å². The molecule has 0 bridgehead atoms. The van der Waals surface area contributed by atoms with Crippen molar-refractivity contribution in [2.24, 2.45) is 10.8 Å². The number of halogens is 4. The molecule has 3 heterocycles. The van der Waals surface area contributed by atoms with Crippen LogP contribution in [0.2, 0.25) is 0 Å². The molecule has 0 saturated carbocycles. The van der Waals surface area contributed by atoms with Crippen LogP contribution in [0.4, 0.5) is 12.9 Å². The summed E-state index contributed by atoms with van der Waals surface area (Å²) in [5, 5.41) is 0. The van der Waals surface area contributed by atoms with Gasteiger partial charge in [-0.2, -0.15) is 0 Å². The van der Waals surface area contributed by atoms with Gasteiger partial charge in [-0.15, -0.1) is 0 Å². The molecular weight excluding hydrogens is 343 g/mol. The minimum absolute atomic E-state index is 0. The molecule has 0 unspecified atom stereocenters. The van der Waals surface area contributed by atoms with E-state index in [1.54, 1.807) is 0 Å². The summed E-state index contributed by atoms with van der Waals surface area (Å²) in [6.45, 7) is 14.5. The van der Waals surface area contributed by atoms with Crippen molar-refractivity contribution >= 4 is 7.54 Å². The van der Waals surface area contributed by atoms with E-state index in [1.165, 1.54) is 22.5 Å². The molecule has 0 spiro atoms. The number of hydrogen-bond acceptors (Lipinski definition) is 2. The van der Waals surface area contributed by atoms with Gasteiger partial charge >= 0.3 is 7.54 Å². The summed E-state index contributed by atoms with van der Waals surface area (Å²) in [6, 6.07) is 0. The van der Waals surface area contributed by atoms with Gasteiger partial charge in [0.25, 0.3) is 0 Å². The molecule has 3 aliphatic rings. The Hall–Kier alpha value is -1.92. The molecule has 0 N–H and O–H groups in total. The zero-order valence-electron chi connectivity index (χ0n) is 16.2. The third kappa shape index (κ3) is 5.05. The molecule has 0 aromatic heterocycles. The predicted molar refractivity (Wildman–Crippen MR) is 98.0 cm³/mol. The van der Waals surface area contributed by atoms with Crippen LogP contribution >= 0.6 is 0 Å². The summed E-state index contributed by atoms with van der Waals surface area (Å²) >= 11 is 0. The average Bonchev–Trinajstić information content (AvgIpc) is 2.81. The van der Waals surface area contributed by atoms with Crippen molar-refractivity contribution in [2.75, 3.05) is 6.67 Å². The summed E-state index contributed by atoms with van der Waals surface area (Å²) in [7, 11) is -3.67. The third-order valence-corrected chi connectivity index (χ3v) is 4.37. The van der Waals surface area contributed by atoms with Crippen molar-refractivity contribution in [1.29, 1.82) is 0 Å². The molecular formula is C19H26BF4N2-. The second-order valence-electron chi connectivity index (χ2n) is 8.43. The van der Waals surface area contributed by atoms with Gasteiger partial charge in [0.1, 0.15) is 0 Å². The van der Waals surface area contributed by atoms with Gasteiger partial charge < -0.3 is 14.5 Å². The van der Waals surface area contributed by atoms with Crippen LogP contribution in [0.3, 0.4) is 0 Å². The molecule has 0 radical (unpaired) electrons. The Morgan fingerprint density at radius 3 is 1.35 bits per heavy atom. The summed E-state index contributed by atoms with van der Waals surface area (Å²) in [6.07, 6.45) is 13.6. The number of nitrogens with zero attached hydrogens (tertiary/aromatic N) is 2. The van der Waals surface area contributed by atoms with Gasteiger partial charge in [-0.05, 0) is 46.3 Å². The Morgan fingerprint density at radius 1 is 0.769 bits per heavy atom. The summed E-state index contributed by atoms with van der Waals surface area (Å²) in [5.41, 5.74) is 5.81. The molecule has 0 amide bonds. The molecule has 0 saturated heterocycles. The van der Waals surface area contributed by atoms with Gasteiger partial charge in [-0.3, -0.25) is 12.9 Å². The van der Waals surface area contributed by atoms with E-state index in [0.717, 1.165) is 6.67 Å². The molecule has 3 rings (SSSR count). The highest BCUT2D eigenvalue weighted by molar-refractivity contribution is 6.33. The molecule has 3 aliphatic heterocycles. The standard InChI is InChI=1S/C19H26N2.BF3.FH/c1-18(2,3)14-7-9-20-13-21-10-8-15(19(4,5)6)12-17(21)16(20)11-14;2-1(3)4;/h7-12H,13H2,1-6H3;;1H/p-1. The van der Waals surface area contributed by atoms with Gasteiger partial charge in [-0.25, -0.2) is 0 Å². The predicted octanol–water partition coefficient (Wildman–Crippen LogP) is 2.66. The first-order valence-electron chi connectivity index (χ1n) is 8.40. The molecule has 0 aromatic rings. The Kier molecular flexibility index (Phi) is 6.61. The lowest BCUT2D eigenvalue weighted by Gasteiger charge is -2.27. The average molecular weight is 369 g/mol. The van der Waals surface area contributed by atoms with Crippen LogP contribution in [0.15, 0.2) is 59.2 Å². The van der Waals surface area contributed by atoms with Crippen LogP contribution in [-0.2, 0) is 0 Å². The van der Waals surface area contributed by atoms with Crippen LogP contribution in [0.5, 0.6) is 0 Å². The largest absolute Gasteiger partial charge is 1.00 e. The Labute approximate surface area is 154 Å². The summed E-state index contributed by atoms with van der Waals surface area (Å²) in [5.74, 6) is 0. The van der Waals surface area contributed by atoms with E-state index in [-0.39, 0.29) is 15.5 Å². The highest BCUT2D eigenvalue weighted by Crippen LogP contribution is 2.39. The van der Waals surface area contributed by atoms with E-state index in [0.29, 0.717) is 0 Å². The molecule has 0 aliphatic carbocycles. The monoisotopic (exact) mass is 369 g/mol. The normalized spacial score (nSPS) is 18.3. The molecule has 7 heteroatoms. The fourth-order valence-electron chi connectivity index (χ4n) is 2.84. The molecule has 0 atom stereocenters. The minimum Gasteiger partial charge on any atom is -1.00 e. The van der Waals surface area contributed by atoms with Crippen molar-refractivity contribution < 1.29 is 17.7 Å². The lowest BCUT2D eigenvalue weighted by atomic mass is 9.83. The Balaban J connectivity index is 0.000000616. The Bertz CT molecular complexity index is 620. The third-order valence-electron chi connectivity index (χ3n) is 4.37. The maximum Gasteiger partial charge on any atom is 0.762 e. The van der Waals surface area contributed by atoms with Crippen molar-refractivity contribution in [3.05, 3.63) is 59.2 Å². The van der Waals surface area contributed by atoms with E-state index in [4.69, 9.17) is 0 Å². The van der Waals surface area contributed by atoms with E-state index in [9.17, 15) is 12.9 Å². The second kappa shape index (κ2) is 7.76. The van der Waals surface area contributed by atoms with Crippen LogP contribution < -0.4 is 4.70 Å². The van der Waals surface area contributed by atoms with Crippen LogP contribution in [0.1, 0.15) is 41.5 Å². The van der Waals surface area contributed by atoms with Crippen molar-refractivity contribution in [2.45, 2.75) is 41.5 Å². The summed E-state index contributed by atoms with van der Waals surface area (Å²) in [4.78, 5) is 4.66. The smallest absolute Gasteiger partial charge is 0.762 e. The zero-order valence-corrected chi connectivity index (χ0v) is 16.2. The number of rotatable bonds is 0. The van der Waals surface area contributed by atoms with E-state index in [2.05, 4.69) is 88.0 Å². The van der Waals surface area contributed by atoms with Crippen molar-refractivity contribution in [3.63, 3.8) is 0 Å². The highest BCUT2D eigenvalue weighted by Gasteiger charge is 2.31. The van der Waals surface area contributed by atoms with E-state index >= 15 is 0 Å². The topological polar surface area (TPSA) is 6.48 Å². The van der Waals surface area contributed by atoms with Gasteiger partial charge in [0.05, 0.1) is 18.1 Å². The minimum atomic E-state index is -3.67. The van der Waals surface area contributed by atoms with Gasteiger partial charge in [0.2, 0.25) is 0 Å². The van der Waals surface area contributed by atoms with Crippen LogP contribution in [-0.4, -0.2) is 24.0 Å².